The predicted octanol–water partition coefficient (Wildman–Crippen LogP) is 3.89. The van der Waals surface area contributed by atoms with Crippen LogP contribution in [-0.2, 0) is 6.42 Å². The molecule has 0 aromatic heterocycles. The molecule has 0 bridgehead atoms. The molecule has 0 heterocycles. The van der Waals surface area contributed by atoms with E-state index in [-0.39, 0.29) is 11.9 Å². The van der Waals surface area contributed by atoms with E-state index in [4.69, 9.17) is 5.53 Å². The van der Waals surface area contributed by atoms with Crippen LogP contribution in [0.15, 0.2) is 21.7 Å². The normalized spacial score (nSPS) is 18.9. The Hall–Kier alpha value is -1.06. The third-order valence-electron chi connectivity index (χ3n) is 2.42. The lowest BCUT2D eigenvalue weighted by Gasteiger charge is -2.04. The van der Waals surface area contributed by atoms with Gasteiger partial charge in [-0.3, -0.25) is 0 Å². The summed E-state index contributed by atoms with van der Waals surface area (Å²) < 4.78 is 13.7. The summed E-state index contributed by atoms with van der Waals surface area (Å²) in [5.74, 6) is -0.302. The Balaban J connectivity index is 2.50. The van der Waals surface area contributed by atoms with E-state index in [2.05, 4.69) is 26.0 Å². The molecular formula is C9H7BrFN3. The molecule has 0 unspecified atom stereocenters. The van der Waals surface area contributed by atoms with E-state index in [0.717, 1.165) is 24.0 Å². The van der Waals surface area contributed by atoms with Crippen LogP contribution in [0.5, 0.6) is 0 Å². The SMILES string of the molecule is [N-]=[N+]=N[C@H]1CCc2cc(Br)c(F)cc21. The molecule has 72 valence electrons. The number of rotatable bonds is 1. The van der Waals surface area contributed by atoms with Crippen molar-refractivity contribution in [3.05, 3.63) is 44.0 Å². The zero-order chi connectivity index (χ0) is 10.1. The van der Waals surface area contributed by atoms with E-state index in [9.17, 15) is 4.39 Å². The molecule has 0 aliphatic heterocycles. The smallest absolute Gasteiger partial charge is 0.137 e. The molecule has 3 nitrogen and oxygen atoms in total. The van der Waals surface area contributed by atoms with E-state index in [0.29, 0.717) is 4.47 Å². The summed E-state index contributed by atoms with van der Waals surface area (Å²) in [4.78, 5) is 2.76. The molecule has 0 saturated carbocycles. The lowest BCUT2D eigenvalue weighted by molar-refractivity contribution is 0.615. The Kier molecular flexibility index (Phi) is 2.44. The number of hydrogen-bond donors (Lipinski definition) is 0. The van der Waals surface area contributed by atoms with Crippen LogP contribution in [0.2, 0.25) is 0 Å². The molecule has 1 aliphatic rings. The largest absolute Gasteiger partial charge is 0.206 e. The lowest BCUT2D eigenvalue weighted by atomic mass is 10.1. The number of hydrogen-bond acceptors (Lipinski definition) is 1. The standard InChI is InChI=1S/C9H7BrFN3/c10-7-3-5-1-2-9(13-14-12)6(5)4-8(7)11/h3-4,9H,1-2H2/t9-/m0/s1. The van der Waals surface area contributed by atoms with Crippen LogP contribution in [0.3, 0.4) is 0 Å². The first-order chi connectivity index (χ1) is 6.72. The van der Waals surface area contributed by atoms with E-state index in [1.165, 1.54) is 6.07 Å². The number of fused-ring (bicyclic) bond motifs is 1. The van der Waals surface area contributed by atoms with E-state index < -0.39 is 0 Å². The second-order valence-electron chi connectivity index (χ2n) is 3.22. The number of nitrogens with zero attached hydrogens (tertiary/aromatic N) is 3. The van der Waals surface area contributed by atoms with Gasteiger partial charge in [-0.25, -0.2) is 4.39 Å². The molecule has 0 radical (unpaired) electrons. The molecule has 0 N–H and O–H groups in total. The van der Waals surface area contributed by atoms with Crippen molar-refractivity contribution in [3.8, 4) is 0 Å². The molecule has 0 amide bonds. The van der Waals surface area contributed by atoms with Gasteiger partial charge in [0, 0.05) is 4.91 Å². The first kappa shape index (κ1) is 9.49. The highest BCUT2D eigenvalue weighted by atomic mass is 79.9. The van der Waals surface area contributed by atoms with Gasteiger partial charge in [-0.05, 0) is 57.6 Å². The van der Waals surface area contributed by atoms with Crippen LogP contribution >= 0.6 is 15.9 Å². The molecule has 1 aromatic rings. The van der Waals surface area contributed by atoms with Crippen molar-refractivity contribution >= 4 is 15.9 Å². The van der Waals surface area contributed by atoms with E-state index in [1.54, 1.807) is 6.07 Å². The van der Waals surface area contributed by atoms with Crippen LogP contribution in [0.25, 0.3) is 10.4 Å². The lowest BCUT2D eigenvalue weighted by Crippen LogP contribution is -1.90. The maximum atomic E-state index is 13.2. The Bertz CT molecular complexity index is 426. The highest BCUT2D eigenvalue weighted by Crippen LogP contribution is 2.36. The third kappa shape index (κ3) is 1.49. The van der Waals surface area contributed by atoms with Gasteiger partial charge in [0.05, 0.1) is 10.5 Å². The fourth-order valence-corrected chi connectivity index (χ4v) is 2.15. The third-order valence-corrected chi connectivity index (χ3v) is 3.03. The van der Waals surface area contributed by atoms with Crippen LogP contribution in [0.1, 0.15) is 23.6 Å². The van der Waals surface area contributed by atoms with Crippen molar-refractivity contribution in [3.63, 3.8) is 0 Å². The number of benzene rings is 1. The van der Waals surface area contributed by atoms with Gasteiger partial charge < -0.3 is 0 Å². The Morgan fingerprint density at radius 1 is 1.57 bits per heavy atom. The summed E-state index contributed by atoms with van der Waals surface area (Å²) in [6, 6.07) is 3.01. The molecule has 2 rings (SSSR count). The highest BCUT2D eigenvalue weighted by Gasteiger charge is 2.22. The molecule has 0 fully saturated rings. The van der Waals surface area contributed by atoms with Gasteiger partial charge in [-0.15, -0.1) is 0 Å². The summed E-state index contributed by atoms with van der Waals surface area (Å²) in [7, 11) is 0. The van der Waals surface area contributed by atoms with Gasteiger partial charge in [-0.2, -0.15) is 0 Å². The van der Waals surface area contributed by atoms with Crippen molar-refractivity contribution < 1.29 is 4.39 Å². The molecule has 1 aromatic carbocycles. The summed E-state index contributed by atoms with van der Waals surface area (Å²) in [5.41, 5.74) is 10.2. The minimum atomic E-state index is -0.302. The minimum Gasteiger partial charge on any atom is -0.206 e. The summed E-state index contributed by atoms with van der Waals surface area (Å²) in [5, 5.41) is 3.63. The first-order valence-electron chi connectivity index (χ1n) is 4.24. The van der Waals surface area contributed by atoms with Gasteiger partial charge in [0.25, 0.3) is 0 Å². The van der Waals surface area contributed by atoms with Crippen molar-refractivity contribution in [2.24, 2.45) is 5.11 Å². The van der Waals surface area contributed by atoms with Gasteiger partial charge >= 0.3 is 0 Å². The van der Waals surface area contributed by atoms with Gasteiger partial charge in [-0.1, -0.05) is 5.11 Å². The summed E-state index contributed by atoms with van der Waals surface area (Å²) in [6.45, 7) is 0. The van der Waals surface area contributed by atoms with Crippen molar-refractivity contribution in [1.82, 2.24) is 0 Å². The zero-order valence-electron chi connectivity index (χ0n) is 7.24. The van der Waals surface area contributed by atoms with Gasteiger partial charge in [0.15, 0.2) is 0 Å². The fourth-order valence-electron chi connectivity index (χ4n) is 1.76. The molecule has 0 saturated heterocycles. The van der Waals surface area contributed by atoms with Gasteiger partial charge in [0.2, 0.25) is 0 Å². The van der Waals surface area contributed by atoms with Crippen molar-refractivity contribution in [2.75, 3.05) is 0 Å². The minimum absolute atomic E-state index is 0.197. The van der Waals surface area contributed by atoms with Crippen LogP contribution in [0, 0.1) is 5.82 Å². The highest BCUT2D eigenvalue weighted by molar-refractivity contribution is 9.10. The second-order valence-corrected chi connectivity index (χ2v) is 4.08. The second kappa shape index (κ2) is 3.59. The Morgan fingerprint density at radius 2 is 2.36 bits per heavy atom. The number of halogens is 2. The van der Waals surface area contributed by atoms with Crippen molar-refractivity contribution in [2.45, 2.75) is 18.9 Å². The zero-order valence-corrected chi connectivity index (χ0v) is 8.83. The monoisotopic (exact) mass is 255 g/mol. The molecule has 5 heteroatoms. The van der Waals surface area contributed by atoms with Crippen molar-refractivity contribution in [1.29, 1.82) is 0 Å². The quantitative estimate of drug-likeness (QED) is 0.416. The maximum absolute atomic E-state index is 13.2. The van der Waals surface area contributed by atoms with Crippen LogP contribution in [0.4, 0.5) is 4.39 Å². The number of azide groups is 1. The van der Waals surface area contributed by atoms with E-state index >= 15 is 0 Å². The average molecular weight is 256 g/mol. The molecule has 1 atom stereocenters. The van der Waals surface area contributed by atoms with Crippen LogP contribution < -0.4 is 0 Å². The molecule has 1 aliphatic carbocycles. The first-order valence-corrected chi connectivity index (χ1v) is 5.03. The topological polar surface area (TPSA) is 48.8 Å². The molecular weight excluding hydrogens is 249 g/mol. The maximum Gasteiger partial charge on any atom is 0.137 e. The summed E-state index contributed by atoms with van der Waals surface area (Å²) in [6.07, 6.45) is 1.62. The van der Waals surface area contributed by atoms with Crippen LogP contribution in [-0.4, -0.2) is 0 Å². The Labute approximate surface area is 88.7 Å². The molecule has 0 spiro atoms. The average Bonchev–Trinajstić information content (AvgIpc) is 2.51. The van der Waals surface area contributed by atoms with E-state index in [1.807, 2.05) is 0 Å². The predicted molar refractivity (Wildman–Crippen MR) is 54.3 cm³/mol. The fraction of sp³-hybridized carbons (Fsp3) is 0.333. The van der Waals surface area contributed by atoms with Gasteiger partial charge in [0.1, 0.15) is 5.82 Å². The number of aryl methyl sites for hydroxylation is 1. The summed E-state index contributed by atoms with van der Waals surface area (Å²) >= 11 is 3.13. The Morgan fingerprint density at radius 3 is 3.07 bits per heavy atom. The molecule has 14 heavy (non-hydrogen) atoms.